The summed E-state index contributed by atoms with van der Waals surface area (Å²) >= 11 is 1.17. The van der Waals surface area contributed by atoms with Crippen molar-refractivity contribution in [3.63, 3.8) is 0 Å². The van der Waals surface area contributed by atoms with E-state index in [0.29, 0.717) is 39.5 Å². The van der Waals surface area contributed by atoms with Crippen LogP contribution in [0.3, 0.4) is 0 Å². The second kappa shape index (κ2) is 11.9. The van der Waals surface area contributed by atoms with Crippen molar-refractivity contribution in [2.75, 3.05) is 26.9 Å². The van der Waals surface area contributed by atoms with Gasteiger partial charge in [-0.25, -0.2) is 9.79 Å². The summed E-state index contributed by atoms with van der Waals surface area (Å²) in [6.45, 7) is 4.30. The molecule has 7 nitrogen and oxygen atoms in total. The summed E-state index contributed by atoms with van der Waals surface area (Å²) < 4.78 is 21.5. The average molecular weight is 480 g/mol. The fourth-order valence-electron chi connectivity index (χ4n) is 3.04. The Balaban J connectivity index is 1.99. The van der Waals surface area contributed by atoms with Gasteiger partial charge in [-0.05, 0) is 61.9 Å². The molecule has 0 saturated carbocycles. The summed E-state index contributed by atoms with van der Waals surface area (Å²) in [6, 6.07) is 12.4. The van der Waals surface area contributed by atoms with Gasteiger partial charge < -0.3 is 24.1 Å². The van der Waals surface area contributed by atoms with Crippen LogP contribution in [0.15, 0.2) is 63.7 Å². The maximum atomic E-state index is 12.6. The van der Waals surface area contributed by atoms with E-state index in [9.17, 15) is 9.90 Å². The first-order valence-corrected chi connectivity index (χ1v) is 11.4. The van der Waals surface area contributed by atoms with Gasteiger partial charge in [0.2, 0.25) is 0 Å². The molecule has 0 saturated heterocycles. The molecule has 0 aromatic heterocycles. The Bertz CT molecular complexity index is 1170. The molecular formula is C26H25NO6S. The van der Waals surface area contributed by atoms with Gasteiger partial charge in [0.25, 0.3) is 0 Å². The quantitative estimate of drug-likeness (QED) is 0.386. The number of ether oxygens (including phenoxy) is 4. The number of rotatable bonds is 9. The van der Waals surface area contributed by atoms with Crippen molar-refractivity contribution in [1.29, 1.82) is 0 Å². The van der Waals surface area contributed by atoms with Gasteiger partial charge in [-0.2, -0.15) is 0 Å². The molecule has 0 spiro atoms. The first-order chi connectivity index (χ1) is 16.5. The topological polar surface area (TPSA) is 86.6 Å². The maximum Gasteiger partial charge on any atom is 0.344 e. The number of aliphatic imine (C=N–C) groups is 1. The molecule has 1 aliphatic rings. The monoisotopic (exact) mass is 479 g/mol. The number of hydrogen-bond acceptors (Lipinski definition) is 8. The van der Waals surface area contributed by atoms with Crippen LogP contribution < -0.4 is 14.2 Å². The van der Waals surface area contributed by atoms with E-state index in [1.807, 2.05) is 6.92 Å². The molecule has 0 unspecified atom stereocenters. The van der Waals surface area contributed by atoms with Crippen LogP contribution >= 0.6 is 11.8 Å². The number of hydrogen-bond donors (Lipinski definition) is 1. The Morgan fingerprint density at radius 3 is 2.53 bits per heavy atom. The van der Waals surface area contributed by atoms with Crippen molar-refractivity contribution in [2.24, 2.45) is 4.99 Å². The van der Waals surface area contributed by atoms with Gasteiger partial charge >= 0.3 is 5.97 Å². The fraction of sp³-hybridized carbons (Fsp3) is 0.231. The van der Waals surface area contributed by atoms with Crippen molar-refractivity contribution in [3.8, 4) is 29.6 Å². The number of methoxy groups -OCH3 is 1. The predicted octanol–water partition coefficient (Wildman–Crippen LogP) is 5.30. The number of esters is 1. The summed E-state index contributed by atoms with van der Waals surface area (Å²) in [5.74, 6) is 3.32. The highest BCUT2D eigenvalue weighted by molar-refractivity contribution is 8.18. The molecule has 1 N–H and O–H groups in total. The van der Waals surface area contributed by atoms with Crippen LogP contribution in [0.2, 0.25) is 0 Å². The molecule has 2 aromatic carbocycles. The van der Waals surface area contributed by atoms with Gasteiger partial charge in [0.05, 0.1) is 30.9 Å². The van der Waals surface area contributed by atoms with Crippen molar-refractivity contribution in [1.82, 2.24) is 0 Å². The lowest BCUT2D eigenvalue weighted by Gasteiger charge is -2.11. The molecule has 0 bridgehead atoms. The van der Waals surface area contributed by atoms with E-state index >= 15 is 0 Å². The molecule has 0 aliphatic carbocycles. The largest absolute Gasteiger partial charge is 0.506 e. The summed E-state index contributed by atoms with van der Waals surface area (Å²) in [4.78, 5) is 17.6. The number of benzene rings is 2. The van der Waals surface area contributed by atoms with E-state index in [4.69, 9.17) is 25.4 Å². The molecule has 0 fully saturated rings. The number of nitrogens with zero attached hydrogens (tertiary/aromatic N) is 1. The summed E-state index contributed by atoms with van der Waals surface area (Å²) in [5, 5.41) is 11.2. The summed E-state index contributed by atoms with van der Waals surface area (Å²) in [5.41, 5.74) is 1.36. The van der Waals surface area contributed by atoms with Crippen molar-refractivity contribution in [2.45, 2.75) is 13.8 Å². The van der Waals surface area contributed by atoms with Crippen LogP contribution in [0.4, 0.5) is 5.69 Å². The number of aliphatic hydroxyl groups is 1. The minimum atomic E-state index is -0.642. The Hall–Kier alpha value is -3.83. The highest BCUT2D eigenvalue weighted by atomic mass is 32.2. The highest BCUT2D eigenvalue weighted by Crippen LogP contribution is 2.41. The third-order valence-corrected chi connectivity index (χ3v) is 5.57. The minimum Gasteiger partial charge on any atom is -0.506 e. The van der Waals surface area contributed by atoms with Crippen molar-refractivity contribution < 1.29 is 28.8 Å². The zero-order chi connectivity index (χ0) is 24.5. The lowest BCUT2D eigenvalue weighted by molar-refractivity contribution is -0.138. The lowest BCUT2D eigenvalue weighted by atomic mass is 10.1. The first-order valence-electron chi connectivity index (χ1n) is 10.6. The van der Waals surface area contributed by atoms with E-state index in [1.54, 1.807) is 62.6 Å². The molecule has 34 heavy (non-hydrogen) atoms. The molecule has 3 rings (SSSR count). The predicted molar refractivity (Wildman–Crippen MR) is 134 cm³/mol. The average Bonchev–Trinajstić information content (AvgIpc) is 3.13. The van der Waals surface area contributed by atoms with Crippen molar-refractivity contribution >= 4 is 34.5 Å². The normalized spacial score (nSPS) is 15.4. The summed E-state index contributed by atoms with van der Waals surface area (Å²) in [6.07, 6.45) is 7.02. The smallest absolute Gasteiger partial charge is 0.344 e. The van der Waals surface area contributed by atoms with Crippen molar-refractivity contribution in [3.05, 3.63) is 64.3 Å². The first kappa shape index (κ1) is 24.8. The molecule has 0 radical (unpaired) electrons. The van der Waals surface area contributed by atoms with E-state index < -0.39 is 5.97 Å². The maximum absolute atomic E-state index is 12.6. The number of thioether (sulfide) groups is 1. The Morgan fingerprint density at radius 1 is 1.12 bits per heavy atom. The fourth-order valence-corrected chi connectivity index (χ4v) is 4.07. The van der Waals surface area contributed by atoms with Gasteiger partial charge in [0.1, 0.15) is 28.7 Å². The third kappa shape index (κ3) is 5.94. The zero-order valence-electron chi connectivity index (χ0n) is 19.2. The van der Waals surface area contributed by atoms with Crippen LogP contribution in [0.5, 0.6) is 17.2 Å². The number of aliphatic hydroxyl groups excluding tert-OH is 1. The number of carbonyl (C=O) groups excluding carboxylic acids is 1. The molecule has 0 atom stereocenters. The van der Waals surface area contributed by atoms with Gasteiger partial charge in [-0.15, -0.1) is 6.42 Å². The Morgan fingerprint density at radius 2 is 1.88 bits per heavy atom. The van der Waals surface area contributed by atoms with E-state index in [2.05, 4.69) is 10.9 Å². The van der Waals surface area contributed by atoms with Crippen LogP contribution in [-0.2, 0) is 9.53 Å². The van der Waals surface area contributed by atoms with Crippen LogP contribution in [0.1, 0.15) is 19.4 Å². The molecule has 1 heterocycles. The van der Waals surface area contributed by atoms with Crippen LogP contribution in [0, 0.1) is 12.3 Å². The molecule has 1 aliphatic heterocycles. The van der Waals surface area contributed by atoms with Gasteiger partial charge in [0.15, 0.2) is 11.5 Å². The standard InChI is InChI=1S/C26H25NO6S/c1-5-14-33-20-13-8-17(15-21(20)31-6-2)16-22-24(28)23(26(29)32-7-3)25(34-22)27-18-9-11-19(30-4)12-10-18/h1,8-13,15-16,28H,6-7,14H2,2-4H3. The van der Waals surface area contributed by atoms with E-state index in [1.165, 1.54) is 11.8 Å². The summed E-state index contributed by atoms with van der Waals surface area (Å²) in [7, 11) is 1.58. The molecule has 176 valence electrons. The molecule has 2 aromatic rings. The number of carbonyl (C=O) groups is 1. The molecule has 0 amide bonds. The molecular weight excluding hydrogens is 454 g/mol. The van der Waals surface area contributed by atoms with Gasteiger partial charge in [-0.1, -0.05) is 23.7 Å². The minimum absolute atomic E-state index is 0.0212. The SMILES string of the molecule is C#CCOc1ccc(C=C2SC(=Nc3ccc(OC)cc3)C(C(=O)OCC)=C2O)cc1OCC. The second-order valence-corrected chi connectivity index (χ2v) is 7.83. The van der Waals surface area contributed by atoms with Gasteiger partial charge in [0, 0.05) is 0 Å². The Labute approximate surface area is 203 Å². The third-order valence-electron chi connectivity index (χ3n) is 4.55. The highest BCUT2D eigenvalue weighted by Gasteiger charge is 2.33. The van der Waals surface area contributed by atoms with E-state index in [-0.39, 0.29) is 24.5 Å². The van der Waals surface area contributed by atoms with Crippen LogP contribution in [0.25, 0.3) is 6.08 Å². The van der Waals surface area contributed by atoms with E-state index in [0.717, 1.165) is 5.56 Å². The van der Waals surface area contributed by atoms with Crippen LogP contribution in [-0.4, -0.2) is 43.0 Å². The lowest BCUT2D eigenvalue weighted by Crippen LogP contribution is -2.12. The number of terminal acetylenes is 1. The zero-order valence-corrected chi connectivity index (χ0v) is 20.0. The Kier molecular flexibility index (Phi) is 8.66. The molecule has 8 heteroatoms. The second-order valence-electron chi connectivity index (χ2n) is 6.80. The van der Waals surface area contributed by atoms with Gasteiger partial charge in [-0.3, -0.25) is 0 Å².